The highest BCUT2D eigenvalue weighted by Gasteiger charge is 2.52. The monoisotopic (exact) mass is 2020 g/mol. The molecule has 4 amide bonds. The van der Waals surface area contributed by atoms with Crippen molar-refractivity contribution in [3.63, 3.8) is 0 Å². The number of aryl methyl sites for hydroxylation is 4. The van der Waals surface area contributed by atoms with Crippen molar-refractivity contribution in [2.45, 2.75) is 145 Å². The molecule has 15 heterocycles. The van der Waals surface area contributed by atoms with Crippen LogP contribution in [0.15, 0.2) is 171 Å². The van der Waals surface area contributed by atoms with Crippen molar-refractivity contribution in [3.8, 4) is 0 Å². The van der Waals surface area contributed by atoms with E-state index in [1.165, 1.54) is 101 Å². The smallest absolute Gasteiger partial charge is 0.344 e. The number of alkyl halides is 2. The van der Waals surface area contributed by atoms with E-state index in [2.05, 4.69) is 201 Å². The minimum atomic E-state index is -3.12. The number of halogens is 2. The van der Waals surface area contributed by atoms with E-state index < -0.39 is 26.0 Å². The van der Waals surface area contributed by atoms with Gasteiger partial charge in [0.25, 0.3) is 5.92 Å². The Bertz CT molecular complexity index is 6150. The average molecular weight is 2020 g/mol. The standard InChI is InChI=1S/C28H41N7O3S.C27H38N6O2.C26H37N7O3S.C24H32F2N6O/c1-22(2)29-26-7-11-35(30-26)27(36)33-17-15-31(16-18-33)20-24-6-5-23(3)19-25(24)32-12-8-28(9-13-32)10-14-34(21-28)39(4,37)38;1-21(2)28-25-6-10-33(29-25)26(34)31-14-12-30(13-15-31)19-23-5-4-22(3)18-24(23)32-11-7-27(20-32)8-16-35-17-9-27;1-20(2)27-24-7-9-33(28-24)25(34)30-13-11-29(12-14-30)16-22-6-5-21(3)15-23(22)31-10-8-26(17-31)18-32(19-26)37(4,35)36;1-18(2)27-22-6-9-32(28-22)23(33)31-14-12-29(13-15-31)17-20-5-4-19(3)16-21(20)30-10-7-24(25,26)8-11-30/h5-7,11,19H,1,8-10,12-18,20-21H2,2-4H3,(H,29,30);4-6,10,18H,1,7-9,11-17,19-20H2,2-3H3,(H,28,29);5-7,9,15H,1,8,10-14,16-19H2,2-4H3,(H,27,28);4-6,9,16H,1,7-8,10-15,17H2,2-3H3,(H,27,28). The topological polar surface area (TPSA) is 311 Å². The summed E-state index contributed by atoms with van der Waals surface area (Å²) in [4.78, 5) is 78.2. The van der Waals surface area contributed by atoms with E-state index >= 15 is 0 Å². The molecule has 19 rings (SSSR count). The van der Waals surface area contributed by atoms with E-state index in [0.29, 0.717) is 120 Å². The van der Waals surface area contributed by atoms with Crippen LogP contribution in [-0.2, 0) is 51.0 Å². The summed E-state index contributed by atoms with van der Waals surface area (Å²) in [6.45, 7) is 57.2. The lowest BCUT2D eigenvalue weighted by atomic mass is 9.77. The lowest BCUT2D eigenvalue weighted by Crippen LogP contribution is -2.59. The Morgan fingerprint density at radius 1 is 0.326 bits per heavy atom. The molecule has 0 unspecified atom stereocenters. The van der Waals surface area contributed by atoms with Crippen LogP contribution in [0.25, 0.3) is 0 Å². The quantitative estimate of drug-likeness (QED) is 0.0490. The maximum Gasteiger partial charge on any atom is 0.344 e. The molecule has 0 saturated carbocycles. The fourth-order valence-electron chi connectivity index (χ4n) is 21.8. The first kappa shape index (κ1) is 105. The predicted octanol–water partition coefficient (Wildman–Crippen LogP) is 13.7. The molecule has 39 heteroatoms. The second-order valence-electron chi connectivity index (χ2n) is 42.1. The van der Waals surface area contributed by atoms with Gasteiger partial charge in [-0.15, -0.1) is 20.4 Å². The van der Waals surface area contributed by atoms with Gasteiger partial charge in [0.05, 0.1) is 12.5 Å². The molecule has 8 aromatic rings. The van der Waals surface area contributed by atoms with Crippen molar-refractivity contribution in [1.82, 2.24) is 86.9 Å². The van der Waals surface area contributed by atoms with Crippen LogP contribution in [0.5, 0.6) is 0 Å². The number of ether oxygens (including phenoxy) is 1. The summed E-state index contributed by atoms with van der Waals surface area (Å²) in [6.07, 6.45) is 16.8. The maximum absolute atomic E-state index is 13.6. The summed E-state index contributed by atoms with van der Waals surface area (Å²) < 4.78 is 89.6. The number of sulfonamides is 2. The van der Waals surface area contributed by atoms with Gasteiger partial charge < -0.3 is 65.2 Å². The third kappa shape index (κ3) is 26.8. The number of nitrogens with one attached hydrogen (secondary N) is 4. The summed E-state index contributed by atoms with van der Waals surface area (Å²) in [5, 5.41) is 29.4. The number of piperidine rings is 2. The zero-order chi connectivity index (χ0) is 102. The van der Waals surface area contributed by atoms with Gasteiger partial charge in [-0.3, -0.25) is 19.6 Å². The van der Waals surface area contributed by atoms with Gasteiger partial charge in [-0.1, -0.05) is 74.8 Å². The number of rotatable bonds is 22. The number of amides is 4. The lowest BCUT2D eigenvalue weighted by molar-refractivity contribution is -0.0221. The van der Waals surface area contributed by atoms with E-state index in [9.17, 15) is 44.8 Å². The molecule has 0 aliphatic carbocycles. The Hall–Kier alpha value is -11.6. The number of hydrogen-bond acceptors (Lipinski definition) is 25. The number of allylic oxidation sites excluding steroid dienone is 4. The number of benzene rings is 4. The van der Waals surface area contributed by atoms with Crippen LogP contribution in [0.3, 0.4) is 0 Å². The summed E-state index contributed by atoms with van der Waals surface area (Å²) in [5.41, 5.74) is 18.7. The van der Waals surface area contributed by atoms with E-state index in [4.69, 9.17) is 4.74 Å². The summed E-state index contributed by atoms with van der Waals surface area (Å²) in [7, 11) is -6.23. The first-order valence-corrected chi connectivity index (χ1v) is 54.6. The molecule has 11 fully saturated rings. The fourth-order valence-corrected chi connectivity index (χ4v) is 23.7. The molecule has 0 bridgehead atoms. The number of carbonyl (C=O) groups excluding carboxylic acids is 4. The molecule has 11 saturated heterocycles. The molecule has 778 valence electrons. The first-order valence-electron chi connectivity index (χ1n) is 50.9. The Kier molecular flexibility index (Phi) is 33.0. The molecule has 0 atom stereocenters. The number of nitrogens with zero attached hydrogens (tertiary/aromatic N) is 22. The van der Waals surface area contributed by atoms with Gasteiger partial charge in [0.15, 0.2) is 23.3 Å². The molecule has 0 radical (unpaired) electrons. The highest BCUT2D eigenvalue weighted by atomic mass is 32.2. The van der Waals surface area contributed by atoms with E-state index in [1.54, 1.807) is 62.6 Å². The number of anilines is 8. The summed E-state index contributed by atoms with van der Waals surface area (Å²) in [6, 6.07) is 33.2. The zero-order valence-corrected chi connectivity index (χ0v) is 87.5. The Morgan fingerprint density at radius 3 is 0.861 bits per heavy atom. The third-order valence-corrected chi connectivity index (χ3v) is 32.5. The minimum absolute atomic E-state index is 0.0718. The number of aromatic nitrogens is 8. The van der Waals surface area contributed by atoms with Gasteiger partial charge in [-0.05, 0) is 180 Å². The second kappa shape index (κ2) is 45.2. The molecule has 4 N–H and O–H groups in total. The van der Waals surface area contributed by atoms with Crippen molar-refractivity contribution in [2.75, 3.05) is 250 Å². The van der Waals surface area contributed by atoms with Gasteiger partial charge in [-0.2, -0.15) is 18.7 Å². The predicted molar refractivity (Wildman–Crippen MR) is 564 cm³/mol. The Morgan fingerprint density at radius 2 is 0.576 bits per heavy atom. The van der Waals surface area contributed by atoms with E-state index in [0.717, 1.165) is 196 Å². The SMILES string of the molecule is C=C(C)Nc1ccn(C(=O)N2CCN(Cc3ccc(C)cc3N3CCC(F)(F)CC3)CC2)n1.C=C(C)Nc1ccn(C(=O)N2CCN(Cc3ccc(C)cc3N3CCC4(C3)CN(S(C)(=O)=O)C4)CC2)n1.C=C(C)Nc1ccn(C(=O)N2CCN(Cc3ccc(C)cc3N3CCC4(CC3)CCN(S(C)(=O)=O)C4)CC2)n1.C=C(C)Nc1ccn(C(=O)N2CCN(Cc3ccc(C)cc3N3CCC4(CCOCC4)C3)CC2)n1. The molecule has 144 heavy (non-hydrogen) atoms. The van der Waals surface area contributed by atoms with Crippen molar-refractivity contribution < 1.29 is 49.5 Å². The molecule has 4 aromatic heterocycles. The van der Waals surface area contributed by atoms with Gasteiger partial charge in [0, 0.05) is 335 Å². The molecule has 11 aliphatic rings. The van der Waals surface area contributed by atoms with E-state index in [-0.39, 0.29) is 47.8 Å². The minimum Gasteiger partial charge on any atom is -0.381 e. The van der Waals surface area contributed by atoms with Crippen molar-refractivity contribution >= 4 is 90.2 Å². The summed E-state index contributed by atoms with van der Waals surface area (Å²) in [5.74, 6) is -0.0939. The summed E-state index contributed by atoms with van der Waals surface area (Å²) >= 11 is 0. The molecule has 11 aliphatic heterocycles. The van der Waals surface area contributed by atoms with Gasteiger partial charge in [0.1, 0.15) is 0 Å². The second-order valence-corrected chi connectivity index (χ2v) is 46.0. The van der Waals surface area contributed by atoms with Crippen molar-refractivity contribution in [1.29, 1.82) is 0 Å². The third-order valence-electron chi connectivity index (χ3n) is 30.1. The van der Waals surface area contributed by atoms with Crippen LogP contribution in [0.4, 0.5) is 74.0 Å². The molecule has 3 spiro atoms. The van der Waals surface area contributed by atoms with Gasteiger partial charge in [0.2, 0.25) is 20.0 Å². The zero-order valence-electron chi connectivity index (χ0n) is 85.9. The molecular formula is C105H148F2N26O9S2. The normalized spacial score (nSPS) is 20.1. The maximum atomic E-state index is 13.6. The van der Waals surface area contributed by atoms with Crippen LogP contribution < -0.4 is 40.9 Å². The number of hydrogen-bond donors (Lipinski definition) is 4. The van der Waals surface area contributed by atoms with Gasteiger partial charge in [-0.25, -0.2) is 53.4 Å². The highest BCUT2D eigenvalue weighted by molar-refractivity contribution is 7.88. The number of piperazine rings is 4. The van der Waals surface area contributed by atoms with Crippen LogP contribution in [0, 0.1) is 43.9 Å². The van der Waals surface area contributed by atoms with Crippen LogP contribution >= 0.6 is 0 Å². The lowest BCUT2D eigenvalue weighted by Gasteiger charge is -2.46. The Balaban J connectivity index is 0.000000138. The van der Waals surface area contributed by atoms with E-state index in [1.807, 2.05) is 49.3 Å². The fraction of sp³-hybridized carbons (Fsp3) is 0.543. The largest absolute Gasteiger partial charge is 0.381 e. The Labute approximate surface area is 848 Å². The van der Waals surface area contributed by atoms with Crippen LogP contribution in [0.2, 0.25) is 0 Å². The number of carbonyl (C=O) groups is 4. The molecule has 4 aromatic carbocycles. The van der Waals surface area contributed by atoms with Crippen molar-refractivity contribution in [2.24, 2.45) is 16.2 Å². The highest BCUT2D eigenvalue weighted by Crippen LogP contribution is 2.47. The van der Waals surface area contributed by atoms with Crippen molar-refractivity contribution in [3.05, 3.63) is 215 Å². The molecule has 35 nitrogen and oxygen atoms in total. The van der Waals surface area contributed by atoms with Crippen LogP contribution in [0.1, 0.15) is 130 Å². The van der Waals surface area contributed by atoms with Gasteiger partial charge >= 0.3 is 24.1 Å². The first-order chi connectivity index (χ1) is 68.6. The average Bonchev–Trinajstić information content (AvgIpc) is 1.57. The van der Waals surface area contributed by atoms with Crippen LogP contribution in [-0.4, -0.2) is 343 Å². The molecular weight excluding hydrogens is 1870 g/mol.